The fourth-order valence-corrected chi connectivity index (χ4v) is 3.38. The normalized spacial score (nSPS) is 27.0. The van der Waals surface area contributed by atoms with Crippen LogP contribution in [0, 0.1) is 22.0 Å². The molecule has 6 nitrogen and oxygen atoms in total. The molecule has 1 saturated heterocycles. The molecular formula is C14H18IN3O3. The van der Waals surface area contributed by atoms with E-state index in [-0.39, 0.29) is 11.5 Å². The number of hydrogen-bond acceptors (Lipinski definition) is 5. The number of fused-ring (bicyclic) bond motifs is 1. The van der Waals surface area contributed by atoms with Crippen LogP contribution in [0.5, 0.6) is 5.88 Å². The third kappa shape index (κ3) is 2.79. The van der Waals surface area contributed by atoms with Gasteiger partial charge in [-0.3, -0.25) is 0 Å². The number of piperidine rings is 1. The summed E-state index contributed by atoms with van der Waals surface area (Å²) in [5, 5.41) is 0. The number of rotatable bonds is 3. The monoisotopic (exact) mass is 403 g/mol. The van der Waals surface area contributed by atoms with Crippen LogP contribution in [-0.4, -0.2) is 47.8 Å². The highest BCUT2D eigenvalue weighted by molar-refractivity contribution is 14.1. The zero-order chi connectivity index (χ0) is 15.0. The number of carbonyl (C=O) groups is 1. The first-order valence-corrected chi connectivity index (χ1v) is 8.06. The molecule has 114 valence electrons. The molecular weight excluding hydrogens is 385 g/mol. The number of halogens is 1. The van der Waals surface area contributed by atoms with Crippen molar-refractivity contribution in [2.75, 3.05) is 26.8 Å². The van der Waals surface area contributed by atoms with Gasteiger partial charge in [-0.15, -0.1) is 0 Å². The molecule has 1 aromatic heterocycles. The van der Waals surface area contributed by atoms with Crippen molar-refractivity contribution in [2.45, 2.75) is 19.8 Å². The maximum Gasteiger partial charge on any atom is 0.409 e. The summed E-state index contributed by atoms with van der Waals surface area (Å²) >= 11 is 2.18. The van der Waals surface area contributed by atoms with E-state index in [0.717, 1.165) is 35.2 Å². The highest BCUT2D eigenvalue weighted by Gasteiger charge is 2.58. The van der Waals surface area contributed by atoms with Gasteiger partial charge in [-0.05, 0) is 48.3 Å². The Morgan fingerprint density at radius 2 is 2.38 bits per heavy atom. The van der Waals surface area contributed by atoms with Crippen molar-refractivity contribution >= 4 is 28.7 Å². The van der Waals surface area contributed by atoms with Crippen LogP contribution in [0.1, 0.15) is 18.4 Å². The molecule has 0 aromatic carbocycles. The molecule has 1 amide bonds. The van der Waals surface area contributed by atoms with Crippen molar-refractivity contribution in [2.24, 2.45) is 11.3 Å². The largest absolute Gasteiger partial charge is 0.477 e. The van der Waals surface area contributed by atoms with Crippen molar-refractivity contribution in [3.05, 3.63) is 15.6 Å². The lowest BCUT2D eigenvalue weighted by atomic mass is 9.96. The summed E-state index contributed by atoms with van der Waals surface area (Å²) in [5.74, 6) is 1.19. The van der Waals surface area contributed by atoms with Gasteiger partial charge in [0.15, 0.2) is 0 Å². The van der Waals surface area contributed by atoms with Crippen molar-refractivity contribution in [1.29, 1.82) is 0 Å². The summed E-state index contributed by atoms with van der Waals surface area (Å²) in [6, 6.07) is 0. The minimum absolute atomic E-state index is 0.216. The number of likely N-dealkylation sites (tertiary alicyclic amines) is 1. The molecule has 1 aromatic rings. The maximum atomic E-state index is 11.6. The molecule has 2 heterocycles. The molecule has 1 aliphatic heterocycles. The van der Waals surface area contributed by atoms with E-state index in [9.17, 15) is 4.79 Å². The number of carbonyl (C=O) groups excluding carboxylic acids is 1. The summed E-state index contributed by atoms with van der Waals surface area (Å²) in [6.45, 7) is 4.16. The number of nitrogens with zero attached hydrogens (tertiary/aromatic N) is 3. The molecule has 0 N–H and O–H groups in total. The van der Waals surface area contributed by atoms with Gasteiger partial charge in [-0.2, -0.15) is 0 Å². The van der Waals surface area contributed by atoms with Crippen molar-refractivity contribution < 1.29 is 14.3 Å². The number of methoxy groups -OCH3 is 1. The van der Waals surface area contributed by atoms with Crippen LogP contribution in [0.25, 0.3) is 0 Å². The fraction of sp³-hybridized carbons (Fsp3) is 0.643. The summed E-state index contributed by atoms with van der Waals surface area (Å²) < 4.78 is 11.6. The highest BCUT2D eigenvalue weighted by Crippen LogP contribution is 2.58. The second kappa shape index (κ2) is 5.58. The second-order valence-corrected chi connectivity index (χ2v) is 6.83. The van der Waals surface area contributed by atoms with Gasteiger partial charge in [0.25, 0.3) is 0 Å². The Labute approximate surface area is 137 Å². The summed E-state index contributed by atoms with van der Waals surface area (Å²) in [6.07, 6.45) is 3.39. The van der Waals surface area contributed by atoms with Gasteiger partial charge in [0, 0.05) is 24.1 Å². The molecule has 0 spiro atoms. The maximum absolute atomic E-state index is 11.6. The third-order valence-corrected chi connectivity index (χ3v) is 5.67. The van der Waals surface area contributed by atoms with Gasteiger partial charge in [-0.25, -0.2) is 14.8 Å². The van der Waals surface area contributed by atoms with Crippen LogP contribution in [-0.2, 0) is 4.74 Å². The predicted octanol–water partition coefficient (Wildman–Crippen LogP) is 2.25. The van der Waals surface area contributed by atoms with Crippen LogP contribution >= 0.6 is 22.6 Å². The number of amides is 1. The van der Waals surface area contributed by atoms with Crippen LogP contribution < -0.4 is 4.74 Å². The van der Waals surface area contributed by atoms with E-state index in [1.165, 1.54) is 13.4 Å². The van der Waals surface area contributed by atoms with Crippen LogP contribution in [0.15, 0.2) is 6.33 Å². The molecule has 2 atom stereocenters. The van der Waals surface area contributed by atoms with Crippen molar-refractivity contribution in [1.82, 2.24) is 14.9 Å². The summed E-state index contributed by atoms with van der Waals surface area (Å²) in [5.41, 5.74) is 1.20. The Kier molecular flexibility index (Phi) is 3.94. The first-order chi connectivity index (χ1) is 10.1. The number of ether oxygens (including phenoxy) is 2. The van der Waals surface area contributed by atoms with Crippen LogP contribution in [0.3, 0.4) is 0 Å². The van der Waals surface area contributed by atoms with E-state index < -0.39 is 0 Å². The Morgan fingerprint density at radius 3 is 3.10 bits per heavy atom. The minimum atomic E-state index is -0.224. The predicted molar refractivity (Wildman–Crippen MR) is 84.1 cm³/mol. The van der Waals surface area contributed by atoms with Crippen LogP contribution in [0.4, 0.5) is 4.79 Å². The Balaban J connectivity index is 1.59. The van der Waals surface area contributed by atoms with E-state index in [1.807, 2.05) is 6.92 Å². The van der Waals surface area contributed by atoms with E-state index in [0.29, 0.717) is 18.4 Å². The smallest absolute Gasteiger partial charge is 0.409 e. The molecule has 1 saturated carbocycles. The zero-order valence-corrected chi connectivity index (χ0v) is 14.3. The average Bonchev–Trinajstić information content (AvgIpc) is 3.21. The molecule has 21 heavy (non-hydrogen) atoms. The average molecular weight is 403 g/mol. The first-order valence-electron chi connectivity index (χ1n) is 6.98. The molecule has 3 rings (SSSR count). The minimum Gasteiger partial charge on any atom is -0.477 e. The van der Waals surface area contributed by atoms with Crippen molar-refractivity contribution in [3.63, 3.8) is 0 Å². The first kappa shape index (κ1) is 14.8. The number of aromatic nitrogens is 2. The molecule has 7 heteroatoms. The van der Waals surface area contributed by atoms with E-state index in [2.05, 4.69) is 32.6 Å². The molecule has 2 unspecified atom stereocenters. The lowest BCUT2D eigenvalue weighted by Gasteiger charge is -2.30. The standard InChI is InChI=1S/C14H18IN3O3/c1-9-11(15)16-8-17-12(9)21-7-14-3-4-18(13(19)20-2)6-10(14)5-14/h8,10H,3-7H2,1-2H3. The lowest BCUT2D eigenvalue weighted by Crippen LogP contribution is -2.40. The van der Waals surface area contributed by atoms with Gasteiger partial charge in [0.2, 0.25) is 5.88 Å². The second-order valence-electron chi connectivity index (χ2n) is 5.81. The molecule has 1 aliphatic carbocycles. The summed E-state index contributed by atoms with van der Waals surface area (Å²) in [7, 11) is 1.43. The Hall–Kier alpha value is -1.12. The van der Waals surface area contributed by atoms with E-state index >= 15 is 0 Å². The van der Waals surface area contributed by atoms with Gasteiger partial charge < -0.3 is 14.4 Å². The Bertz CT molecular complexity index is 568. The van der Waals surface area contributed by atoms with E-state index in [1.54, 1.807) is 4.90 Å². The molecule has 0 bridgehead atoms. The topological polar surface area (TPSA) is 64.5 Å². The number of hydrogen-bond donors (Lipinski definition) is 0. The van der Waals surface area contributed by atoms with Gasteiger partial charge in [0.05, 0.1) is 13.7 Å². The lowest BCUT2D eigenvalue weighted by molar-refractivity contribution is 0.0921. The van der Waals surface area contributed by atoms with Crippen LogP contribution in [0.2, 0.25) is 0 Å². The zero-order valence-electron chi connectivity index (χ0n) is 12.1. The van der Waals surface area contributed by atoms with Gasteiger partial charge in [-0.1, -0.05) is 0 Å². The quantitative estimate of drug-likeness (QED) is 0.572. The highest BCUT2D eigenvalue weighted by atomic mass is 127. The summed E-state index contributed by atoms with van der Waals surface area (Å²) in [4.78, 5) is 21.7. The fourth-order valence-electron chi connectivity index (χ4n) is 3.03. The molecule has 0 radical (unpaired) electrons. The van der Waals surface area contributed by atoms with Gasteiger partial charge >= 0.3 is 6.09 Å². The third-order valence-electron chi connectivity index (χ3n) is 4.58. The Morgan fingerprint density at radius 1 is 1.57 bits per heavy atom. The van der Waals surface area contributed by atoms with Crippen molar-refractivity contribution in [3.8, 4) is 5.88 Å². The SMILES string of the molecule is COC(=O)N1CCC2(COc3ncnc(I)c3C)CC2C1. The molecule has 2 fully saturated rings. The molecule has 2 aliphatic rings. The van der Waals surface area contributed by atoms with E-state index in [4.69, 9.17) is 9.47 Å². The van der Waals surface area contributed by atoms with Gasteiger partial charge in [0.1, 0.15) is 10.0 Å².